The molecule has 4 heteroatoms. The second-order valence-corrected chi connectivity index (χ2v) is 5.06. The number of fused-ring (bicyclic) bond motifs is 1. The van der Waals surface area contributed by atoms with Crippen LogP contribution in [0.1, 0.15) is 25.5 Å². The molecule has 98 valence electrons. The molecule has 1 aromatic carbocycles. The van der Waals surface area contributed by atoms with Gasteiger partial charge in [0.2, 0.25) is 0 Å². The van der Waals surface area contributed by atoms with E-state index < -0.39 is 0 Å². The third-order valence-corrected chi connectivity index (χ3v) is 3.25. The summed E-state index contributed by atoms with van der Waals surface area (Å²) in [5.74, 6) is 0. The van der Waals surface area contributed by atoms with Gasteiger partial charge in [0.15, 0.2) is 0 Å². The van der Waals surface area contributed by atoms with Crippen LogP contribution in [0.2, 0.25) is 0 Å². The monoisotopic (exact) mass is 254 g/mol. The molecule has 2 heterocycles. The third kappa shape index (κ3) is 2.47. The molecule has 4 nitrogen and oxygen atoms in total. The zero-order valence-electron chi connectivity index (χ0n) is 11.2. The van der Waals surface area contributed by atoms with Crippen LogP contribution in [0.5, 0.6) is 0 Å². The van der Waals surface area contributed by atoms with E-state index >= 15 is 0 Å². The van der Waals surface area contributed by atoms with Gasteiger partial charge in [-0.15, -0.1) is 0 Å². The topological polar surface area (TPSA) is 45.6 Å². The van der Waals surface area contributed by atoms with E-state index in [1.807, 2.05) is 23.3 Å². The number of nitrogens with zero attached hydrogens (tertiary/aromatic N) is 2. The van der Waals surface area contributed by atoms with Gasteiger partial charge in [-0.05, 0) is 36.9 Å². The number of anilines is 1. The maximum absolute atomic E-state index is 4.32. The lowest BCUT2D eigenvalue weighted by Crippen LogP contribution is -2.01. The summed E-state index contributed by atoms with van der Waals surface area (Å²) in [6.07, 6.45) is 5.87. The van der Waals surface area contributed by atoms with Crippen LogP contribution in [0.4, 0.5) is 5.69 Å². The molecule has 2 aromatic heterocycles. The number of aromatic amines is 1. The highest BCUT2D eigenvalue weighted by molar-refractivity contribution is 5.79. The minimum Gasteiger partial charge on any atom is -0.378 e. The standard InChI is InChI=1S/C15H18N4/c1-11(2)19-10-14(9-18-19)17-8-12-3-4-13-5-6-16-15(13)7-12/h3-7,9-11,16-17H,8H2,1-2H3. The van der Waals surface area contributed by atoms with E-state index in [2.05, 4.69) is 53.5 Å². The van der Waals surface area contributed by atoms with Crippen molar-refractivity contribution in [1.29, 1.82) is 0 Å². The molecule has 3 rings (SSSR count). The van der Waals surface area contributed by atoms with Gasteiger partial charge in [0, 0.05) is 30.5 Å². The number of hydrogen-bond acceptors (Lipinski definition) is 2. The summed E-state index contributed by atoms with van der Waals surface area (Å²) in [5, 5.41) is 8.96. The largest absolute Gasteiger partial charge is 0.378 e. The van der Waals surface area contributed by atoms with Crippen LogP contribution < -0.4 is 5.32 Å². The van der Waals surface area contributed by atoms with Gasteiger partial charge in [-0.2, -0.15) is 5.10 Å². The number of aromatic nitrogens is 3. The maximum Gasteiger partial charge on any atom is 0.0729 e. The van der Waals surface area contributed by atoms with Gasteiger partial charge in [-0.3, -0.25) is 4.68 Å². The van der Waals surface area contributed by atoms with Gasteiger partial charge < -0.3 is 10.3 Å². The summed E-state index contributed by atoms with van der Waals surface area (Å²) < 4.78 is 1.95. The van der Waals surface area contributed by atoms with E-state index in [1.54, 1.807) is 0 Å². The number of rotatable bonds is 4. The quantitative estimate of drug-likeness (QED) is 0.747. The van der Waals surface area contributed by atoms with Crippen LogP contribution in [0, 0.1) is 0 Å². The van der Waals surface area contributed by atoms with E-state index in [0.717, 1.165) is 12.2 Å². The SMILES string of the molecule is CC(C)n1cc(NCc2ccc3cc[nH]c3c2)cn1. The highest BCUT2D eigenvalue weighted by Crippen LogP contribution is 2.16. The predicted molar refractivity (Wildman–Crippen MR) is 78.2 cm³/mol. The van der Waals surface area contributed by atoms with Crippen molar-refractivity contribution in [3.8, 4) is 0 Å². The molecule has 0 aliphatic heterocycles. The molecule has 2 N–H and O–H groups in total. The average Bonchev–Trinajstić information content (AvgIpc) is 3.04. The smallest absolute Gasteiger partial charge is 0.0729 e. The Balaban J connectivity index is 1.70. The van der Waals surface area contributed by atoms with Gasteiger partial charge in [0.25, 0.3) is 0 Å². The van der Waals surface area contributed by atoms with Crippen LogP contribution in [-0.4, -0.2) is 14.8 Å². The van der Waals surface area contributed by atoms with E-state index in [0.29, 0.717) is 6.04 Å². The zero-order chi connectivity index (χ0) is 13.2. The minimum atomic E-state index is 0.394. The van der Waals surface area contributed by atoms with Crippen LogP contribution in [0.3, 0.4) is 0 Å². The summed E-state index contributed by atoms with van der Waals surface area (Å²) in [6.45, 7) is 5.05. The highest BCUT2D eigenvalue weighted by atomic mass is 15.3. The fraction of sp³-hybridized carbons (Fsp3) is 0.267. The van der Waals surface area contributed by atoms with Crippen molar-refractivity contribution in [2.75, 3.05) is 5.32 Å². The molecule has 0 spiro atoms. The molecule has 0 unspecified atom stereocenters. The molecular weight excluding hydrogens is 236 g/mol. The van der Waals surface area contributed by atoms with Gasteiger partial charge in [0.05, 0.1) is 11.9 Å². The van der Waals surface area contributed by atoms with Crippen molar-refractivity contribution in [3.63, 3.8) is 0 Å². The van der Waals surface area contributed by atoms with E-state index in [4.69, 9.17) is 0 Å². The first-order valence-corrected chi connectivity index (χ1v) is 6.56. The molecule has 0 saturated carbocycles. The van der Waals surface area contributed by atoms with Gasteiger partial charge in [0.1, 0.15) is 0 Å². The summed E-state index contributed by atoms with van der Waals surface area (Å²) >= 11 is 0. The van der Waals surface area contributed by atoms with Crippen LogP contribution >= 0.6 is 0 Å². The first kappa shape index (κ1) is 11.8. The molecule has 19 heavy (non-hydrogen) atoms. The second kappa shape index (κ2) is 4.80. The zero-order valence-corrected chi connectivity index (χ0v) is 11.2. The molecule has 0 amide bonds. The fourth-order valence-electron chi connectivity index (χ4n) is 2.12. The summed E-state index contributed by atoms with van der Waals surface area (Å²) in [4.78, 5) is 3.23. The lowest BCUT2D eigenvalue weighted by molar-refractivity contribution is 0.532. The van der Waals surface area contributed by atoms with Crippen molar-refractivity contribution in [2.45, 2.75) is 26.4 Å². The molecule has 0 fully saturated rings. The summed E-state index contributed by atoms with van der Waals surface area (Å²) in [6, 6.07) is 8.94. The third-order valence-electron chi connectivity index (χ3n) is 3.25. The normalized spacial score (nSPS) is 11.3. The minimum absolute atomic E-state index is 0.394. The van der Waals surface area contributed by atoms with E-state index in [-0.39, 0.29) is 0 Å². The van der Waals surface area contributed by atoms with Gasteiger partial charge in [-0.25, -0.2) is 0 Å². The Morgan fingerprint density at radius 2 is 2.21 bits per heavy atom. The van der Waals surface area contributed by atoms with Crippen LogP contribution in [-0.2, 0) is 6.54 Å². The maximum atomic E-state index is 4.32. The number of benzene rings is 1. The Morgan fingerprint density at radius 3 is 3.00 bits per heavy atom. The molecule has 0 saturated heterocycles. The molecule has 0 bridgehead atoms. The Labute approximate surface area is 112 Å². The Hall–Kier alpha value is -2.23. The van der Waals surface area contributed by atoms with Crippen molar-refractivity contribution in [2.24, 2.45) is 0 Å². The molecule has 0 radical (unpaired) electrons. The van der Waals surface area contributed by atoms with Gasteiger partial charge >= 0.3 is 0 Å². The first-order valence-electron chi connectivity index (χ1n) is 6.56. The van der Waals surface area contributed by atoms with Crippen LogP contribution in [0.15, 0.2) is 42.9 Å². The second-order valence-electron chi connectivity index (χ2n) is 5.06. The Bertz CT molecular complexity index is 678. The van der Waals surface area contributed by atoms with E-state index in [9.17, 15) is 0 Å². The van der Waals surface area contributed by atoms with Gasteiger partial charge in [-0.1, -0.05) is 12.1 Å². The predicted octanol–water partition coefficient (Wildman–Crippen LogP) is 3.56. The summed E-state index contributed by atoms with van der Waals surface area (Å²) in [5.41, 5.74) is 3.49. The first-order chi connectivity index (χ1) is 9.22. The van der Waals surface area contributed by atoms with E-state index in [1.165, 1.54) is 16.5 Å². The van der Waals surface area contributed by atoms with Crippen molar-refractivity contribution in [1.82, 2.24) is 14.8 Å². The fourth-order valence-corrected chi connectivity index (χ4v) is 2.12. The molecular formula is C15H18N4. The number of H-pyrrole nitrogens is 1. The molecule has 0 atom stereocenters. The molecule has 0 aliphatic carbocycles. The van der Waals surface area contributed by atoms with Crippen molar-refractivity contribution >= 4 is 16.6 Å². The highest BCUT2D eigenvalue weighted by Gasteiger charge is 2.02. The number of hydrogen-bond donors (Lipinski definition) is 2. The lowest BCUT2D eigenvalue weighted by Gasteiger charge is -2.05. The average molecular weight is 254 g/mol. The van der Waals surface area contributed by atoms with Crippen molar-refractivity contribution < 1.29 is 0 Å². The van der Waals surface area contributed by atoms with Crippen molar-refractivity contribution in [3.05, 3.63) is 48.4 Å². The lowest BCUT2D eigenvalue weighted by atomic mass is 10.1. The summed E-state index contributed by atoms with van der Waals surface area (Å²) in [7, 11) is 0. The Morgan fingerprint density at radius 1 is 1.32 bits per heavy atom. The molecule has 0 aliphatic rings. The Kier molecular flexibility index (Phi) is 2.99. The number of nitrogens with one attached hydrogen (secondary N) is 2. The van der Waals surface area contributed by atoms with Crippen LogP contribution in [0.25, 0.3) is 10.9 Å². The molecule has 3 aromatic rings.